The molecule has 2 nitrogen and oxygen atoms in total. The Labute approximate surface area is 50.0 Å². The van der Waals surface area contributed by atoms with Crippen LogP contribution in [0.2, 0.25) is 0 Å². The molecule has 1 fully saturated rings. The normalized spacial score (nSPS) is 35.2. The van der Waals surface area contributed by atoms with Crippen LogP contribution in [0.3, 0.4) is 0 Å². The highest BCUT2D eigenvalue weighted by atomic mass is 16.5. The highest BCUT2D eigenvalue weighted by molar-refractivity contribution is 4.86. The molecule has 8 heavy (non-hydrogen) atoms. The highest BCUT2D eigenvalue weighted by Crippen LogP contribution is 2.36. The van der Waals surface area contributed by atoms with E-state index in [4.69, 9.17) is 10.5 Å². The highest BCUT2D eigenvalue weighted by Gasteiger charge is 2.34. The summed E-state index contributed by atoms with van der Waals surface area (Å²) in [5.74, 6) is 1.56. The van der Waals surface area contributed by atoms with E-state index in [1.165, 1.54) is 6.42 Å². The lowest BCUT2D eigenvalue weighted by molar-refractivity contribution is 0.181. The van der Waals surface area contributed by atoms with Gasteiger partial charge in [0, 0.05) is 13.7 Å². The van der Waals surface area contributed by atoms with Gasteiger partial charge in [0.15, 0.2) is 0 Å². The minimum Gasteiger partial charge on any atom is -0.384 e. The first kappa shape index (κ1) is 6.05. The third-order valence-electron chi connectivity index (χ3n) is 1.75. The Bertz CT molecular complexity index is 74.9. The summed E-state index contributed by atoms with van der Waals surface area (Å²) < 4.78 is 4.94. The molecule has 0 heterocycles. The van der Waals surface area contributed by atoms with Crippen molar-refractivity contribution in [1.82, 2.24) is 0 Å². The van der Waals surface area contributed by atoms with E-state index in [1.54, 1.807) is 7.11 Å². The van der Waals surface area contributed by atoms with Crippen molar-refractivity contribution in [3.05, 3.63) is 0 Å². The molecule has 0 aromatic rings. The fourth-order valence-electron chi connectivity index (χ4n) is 1.02. The molecule has 1 aliphatic carbocycles. The smallest absolute Gasteiger partial charge is 0.0493 e. The minimum atomic E-state index is 0.773. The molecule has 1 saturated carbocycles. The molecule has 0 aromatic heterocycles. The molecule has 1 aliphatic rings. The van der Waals surface area contributed by atoms with Crippen molar-refractivity contribution < 1.29 is 4.74 Å². The standard InChI is InChI=1S/C6H13NO/c1-8-4-6-2-5(6)3-7/h5-6H,2-4,7H2,1H3/t5-,6-/m1/s1. The molecule has 0 saturated heterocycles. The van der Waals surface area contributed by atoms with Gasteiger partial charge in [-0.05, 0) is 24.8 Å². The first-order valence-corrected chi connectivity index (χ1v) is 3.07. The number of hydrogen-bond acceptors (Lipinski definition) is 2. The molecule has 48 valence electrons. The van der Waals surface area contributed by atoms with E-state index < -0.39 is 0 Å². The van der Waals surface area contributed by atoms with Gasteiger partial charge in [0.25, 0.3) is 0 Å². The Balaban J connectivity index is 1.99. The first-order chi connectivity index (χ1) is 3.88. The number of nitrogens with two attached hydrogens (primary N) is 1. The van der Waals surface area contributed by atoms with Gasteiger partial charge in [-0.3, -0.25) is 0 Å². The molecular weight excluding hydrogens is 102 g/mol. The summed E-state index contributed by atoms with van der Waals surface area (Å²) in [7, 11) is 1.74. The van der Waals surface area contributed by atoms with Crippen LogP contribution in [0.1, 0.15) is 6.42 Å². The van der Waals surface area contributed by atoms with E-state index in [1.807, 2.05) is 0 Å². The number of ether oxygens (including phenoxy) is 1. The summed E-state index contributed by atoms with van der Waals surface area (Å²) in [4.78, 5) is 0. The maximum absolute atomic E-state index is 5.40. The molecule has 0 aromatic carbocycles. The fraction of sp³-hybridized carbons (Fsp3) is 1.00. The van der Waals surface area contributed by atoms with Gasteiger partial charge in [-0.1, -0.05) is 0 Å². The van der Waals surface area contributed by atoms with Crippen LogP contribution in [-0.2, 0) is 4.74 Å². The molecule has 0 bridgehead atoms. The lowest BCUT2D eigenvalue weighted by Gasteiger charge is -1.92. The summed E-state index contributed by atoms with van der Waals surface area (Å²) in [6.45, 7) is 1.75. The molecular formula is C6H13NO. The zero-order valence-corrected chi connectivity index (χ0v) is 5.26. The van der Waals surface area contributed by atoms with Crippen molar-refractivity contribution in [2.75, 3.05) is 20.3 Å². The molecule has 2 heteroatoms. The molecule has 0 radical (unpaired) electrons. The topological polar surface area (TPSA) is 35.2 Å². The molecule has 1 rings (SSSR count). The summed E-state index contributed by atoms with van der Waals surface area (Å²) in [6.07, 6.45) is 1.28. The Morgan fingerprint density at radius 3 is 2.75 bits per heavy atom. The molecule has 0 unspecified atom stereocenters. The van der Waals surface area contributed by atoms with Gasteiger partial charge in [0.05, 0.1) is 0 Å². The van der Waals surface area contributed by atoms with Gasteiger partial charge in [0.1, 0.15) is 0 Å². The molecule has 0 spiro atoms. The SMILES string of the molecule is COC[C@H]1C[C@@H]1CN. The maximum atomic E-state index is 5.40. The van der Waals surface area contributed by atoms with Crippen molar-refractivity contribution >= 4 is 0 Å². The van der Waals surface area contributed by atoms with Crippen LogP contribution in [0.4, 0.5) is 0 Å². The van der Waals surface area contributed by atoms with Crippen molar-refractivity contribution in [3.8, 4) is 0 Å². The quantitative estimate of drug-likeness (QED) is 0.571. The second-order valence-corrected chi connectivity index (χ2v) is 2.45. The second-order valence-electron chi connectivity index (χ2n) is 2.45. The molecule has 2 atom stereocenters. The molecule has 0 amide bonds. The van der Waals surface area contributed by atoms with Gasteiger partial charge in [-0.25, -0.2) is 0 Å². The van der Waals surface area contributed by atoms with E-state index in [2.05, 4.69) is 0 Å². The Morgan fingerprint density at radius 1 is 1.62 bits per heavy atom. The second kappa shape index (κ2) is 2.46. The summed E-state index contributed by atoms with van der Waals surface area (Å²) in [5.41, 5.74) is 5.40. The lowest BCUT2D eigenvalue weighted by Crippen LogP contribution is -2.04. The van der Waals surface area contributed by atoms with Crippen molar-refractivity contribution in [2.24, 2.45) is 17.6 Å². The Kier molecular flexibility index (Phi) is 1.86. The lowest BCUT2D eigenvalue weighted by atomic mass is 10.3. The van der Waals surface area contributed by atoms with Crippen LogP contribution in [0.5, 0.6) is 0 Å². The summed E-state index contributed by atoms with van der Waals surface area (Å²) in [6, 6.07) is 0. The first-order valence-electron chi connectivity index (χ1n) is 3.07. The van der Waals surface area contributed by atoms with Crippen LogP contribution in [-0.4, -0.2) is 20.3 Å². The van der Waals surface area contributed by atoms with Gasteiger partial charge < -0.3 is 10.5 Å². The van der Waals surface area contributed by atoms with Crippen molar-refractivity contribution in [3.63, 3.8) is 0 Å². The third-order valence-corrected chi connectivity index (χ3v) is 1.75. The van der Waals surface area contributed by atoms with Crippen LogP contribution in [0.15, 0.2) is 0 Å². The molecule has 0 aliphatic heterocycles. The van der Waals surface area contributed by atoms with Crippen LogP contribution in [0.25, 0.3) is 0 Å². The monoisotopic (exact) mass is 115 g/mol. The zero-order valence-electron chi connectivity index (χ0n) is 5.26. The predicted molar refractivity (Wildman–Crippen MR) is 32.5 cm³/mol. The molecule has 2 N–H and O–H groups in total. The zero-order chi connectivity index (χ0) is 5.98. The Morgan fingerprint density at radius 2 is 2.38 bits per heavy atom. The maximum Gasteiger partial charge on any atom is 0.0493 e. The summed E-state index contributed by atoms with van der Waals surface area (Å²) >= 11 is 0. The van der Waals surface area contributed by atoms with Crippen molar-refractivity contribution in [2.45, 2.75) is 6.42 Å². The summed E-state index contributed by atoms with van der Waals surface area (Å²) in [5, 5.41) is 0. The van der Waals surface area contributed by atoms with Crippen LogP contribution >= 0.6 is 0 Å². The average Bonchev–Trinajstić information content (AvgIpc) is 2.48. The Hall–Kier alpha value is -0.0800. The average molecular weight is 115 g/mol. The minimum absolute atomic E-state index is 0.773. The number of hydrogen-bond donors (Lipinski definition) is 1. The number of rotatable bonds is 3. The van der Waals surface area contributed by atoms with E-state index in [0.29, 0.717) is 0 Å². The van der Waals surface area contributed by atoms with E-state index in [0.717, 1.165) is 25.0 Å². The van der Waals surface area contributed by atoms with Crippen LogP contribution < -0.4 is 5.73 Å². The van der Waals surface area contributed by atoms with Crippen molar-refractivity contribution in [1.29, 1.82) is 0 Å². The van der Waals surface area contributed by atoms with Gasteiger partial charge >= 0.3 is 0 Å². The fourth-order valence-corrected chi connectivity index (χ4v) is 1.02. The van der Waals surface area contributed by atoms with E-state index >= 15 is 0 Å². The largest absolute Gasteiger partial charge is 0.384 e. The third kappa shape index (κ3) is 1.20. The van der Waals surface area contributed by atoms with Gasteiger partial charge in [-0.2, -0.15) is 0 Å². The predicted octanol–water partition coefficient (Wildman–Crippen LogP) is 0.228. The van der Waals surface area contributed by atoms with E-state index in [-0.39, 0.29) is 0 Å². The van der Waals surface area contributed by atoms with E-state index in [9.17, 15) is 0 Å². The number of methoxy groups -OCH3 is 1. The van der Waals surface area contributed by atoms with Gasteiger partial charge in [0.2, 0.25) is 0 Å². The van der Waals surface area contributed by atoms with Gasteiger partial charge in [-0.15, -0.1) is 0 Å². The van der Waals surface area contributed by atoms with Crippen LogP contribution in [0, 0.1) is 11.8 Å².